The molecule has 4 unspecified atom stereocenters. The molecule has 0 radical (unpaired) electrons. The van der Waals surface area contributed by atoms with Gasteiger partial charge in [0.25, 0.3) is 6.29 Å². The van der Waals surface area contributed by atoms with E-state index in [0.29, 0.717) is 60.1 Å². The van der Waals surface area contributed by atoms with Crippen LogP contribution in [0.1, 0.15) is 196 Å². The number of ketones is 1. The molecule has 2 spiro atoms. The molecular weight excluding hydrogens is 1920 g/mol. The molecule has 8 aromatic rings. The summed E-state index contributed by atoms with van der Waals surface area (Å²) in [7, 11) is 4.76. The average Bonchev–Trinajstić information content (AvgIpc) is 1.57. The van der Waals surface area contributed by atoms with Gasteiger partial charge >= 0.3 is 53.7 Å². The Kier molecular flexibility index (Phi) is 44.0. The number of methoxy groups -OCH3 is 3. The van der Waals surface area contributed by atoms with Crippen molar-refractivity contribution >= 4 is 59.5 Å². The van der Waals surface area contributed by atoms with Crippen LogP contribution in [-0.2, 0) is 109 Å². The molecule has 0 amide bonds. The maximum Gasteiger partial charge on any atom is 0.340 e. The van der Waals surface area contributed by atoms with Crippen LogP contribution in [0.3, 0.4) is 0 Å². The Bertz CT molecular complexity index is 5510. The second-order valence-corrected chi connectivity index (χ2v) is 36.2. The normalized spacial score (nSPS) is 28.9. The van der Waals surface area contributed by atoms with Gasteiger partial charge in [-0.05, 0) is 136 Å². The zero-order chi connectivity index (χ0) is 107. The number of hydrogen-bond donors (Lipinski definition) is 4. The minimum atomic E-state index is -2.00. The van der Waals surface area contributed by atoms with E-state index in [2.05, 4.69) is 27.0 Å². The summed E-state index contributed by atoms with van der Waals surface area (Å²) in [4.78, 5) is 125. The van der Waals surface area contributed by atoms with Gasteiger partial charge in [-0.3, -0.25) is 9.59 Å². The molecule has 0 bridgehead atoms. The van der Waals surface area contributed by atoms with Gasteiger partial charge in [0.1, 0.15) is 54.9 Å². The lowest BCUT2D eigenvalue weighted by molar-refractivity contribution is -0.267. The summed E-state index contributed by atoms with van der Waals surface area (Å²) in [6.07, 6.45) is -1.43. The minimum absolute atomic E-state index is 0.00963. The number of carbonyl (C=O) groups excluding carboxylic acids is 10. The first-order valence-electron chi connectivity index (χ1n) is 49.4. The molecule has 35 heteroatoms. The van der Waals surface area contributed by atoms with E-state index < -0.39 is 157 Å². The van der Waals surface area contributed by atoms with Gasteiger partial charge in [0.05, 0.1) is 76.0 Å². The highest BCUT2D eigenvalue weighted by atomic mass is 16.8. The minimum Gasteiger partial charge on any atom is -0.459 e. The van der Waals surface area contributed by atoms with Gasteiger partial charge in [-0.25, -0.2) is 38.4 Å². The number of ether oxygens (including phenoxy) is 21. The van der Waals surface area contributed by atoms with E-state index in [1.165, 1.54) is 57.2 Å². The van der Waals surface area contributed by atoms with Crippen molar-refractivity contribution in [2.75, 3.05) is 74.2 Å². The number of benzene rings is 8. The van der Waals surface area contributed by atoms with Crippen molar-refractivity contribution in [1.82, 2.24) is 0 Å². The van der Waals surface area contributed by atoms with Crippen LogP contribution in [0, 0.1) is 17.8 Å². The molecular formula is C113H134O35. The van der Waals surface area contributed by atoms with Crippen molar-refractivity contribution < 1.29 is 168 Å². The third-order valence-corrected chi connectivity index (χ3v) is 26.8. The predicted molar refractivity (Wildman–Crippen MR) is 532 cm³/mol. The Morgan fingerprint density at radius 2 is 0.662 bits per heavy atom. The molecule has 9 aliphatic rings. The van der Waals surface area contributed by atoms with Crippen molar-refractivity contribution in [3.63, 3.8) is 0 Å². The number of aliphatic hydroxyl groups excluding tert-OH is 1. The van der Waals surface area contributed by atoms with Crippen molar-refractivity contribution in [1.29, 1.82) is 0 Å². The van der Waals surface area contributed by atoms with Gasteiger partial charge < -0.3 is 120 Å². The van der Waals surface area contributed by atoms with Crippen LogP contribution < -0.4 is 0 Å². The summed E-state index contributed by atoms with van der Waals surface area (Å²) in [5.41, 5.74) is -2.97. The SMILES string of the molecule is C1CCOC1.C=CC[C@]1(O)C(OC)O[C@H](CC)[C@H]1C.C=CC[C@]1(O)[C@@H](OC(=O)c2ccccc2)O[C@H](COC(=O)c2ccccc2)[C@H]1OC(=O)c1ccccc1.CC(=O)OC1O[C@H](COC(=O)c2ccccc2)[C@@H](OC(=O)c2ccccc2)[C@]12CCO2.CC[C@H]1OC(OC)[C@@](O)(CCO)[C@@H]1C.CC[C@H]1OC(OC)[C@@]2(CCO2)[C@@H]1C.O=C(OC[C@H]1O[C@H](OC(=O)c2ccccc2)C(=O)[C@@H]1OC(=O)c1ccccc1)c1ccccc1. The Hall–Kier alpha value is -12.5. The van der Waals surface area contributed by atoms with E-state index >= 15 is 0 Å². The van der Waals surface area contributed by atoms with Crippen molar-refractivity contribution in [3.8, 4) is 0 Å². The van der Waals surface area contributed by atoms with Gasteiger partial charge in [-0.2, -0.15) is 0 Å². The molecule has 4 N–H and O–H groups in total. The Balaban J connectivity index is 0.000000174. The van der Waals surface area contributed by atoms with Gasteiger partial charge in [-0.15, -0.1) is 13.2 Å². The highest BCUT2D eigenvalue weighted by molar-refractivity contribution is 5.98. The molecule has 0 aromatic heterocycles. The third kappa shape index (κ3) is 29.2. The zero-order valence-electron chi connectivity index (χ0n) is 84.7. The third-order valence-electron chi connectivity index (χ3n) is 26.8. The first-order chi connectivity index (χ1) is 71.4. The molecule has 796 valence electrons. The maximum atomic E-state index is 12.9. The number of aliphatic hydroxyl groups is 4. The topological polar surface area (TPSA) is 445 Å². The molecule has 9 fully saturated rings. The summed E-state index contributed by atoms with van der Waals surface area (Å²) in [6, 6.07) is 66.0. The predicted octanol–water partition coefficient (Wildman–Crippen LogP) is 14.3. The highest BCUT2D eigenvalue weighted by Crippen LogP contribution is 2.50. The molecule has 17 rings (SSSR count). The summed E-state index contributed by atoms with van der Waals surface area (Å²) in [5.74, 6) is -6.23. The number of esters is 9. The average molecular weight is 2050 g/mol. The molecule has 23 atom stereocenters. The molecule has 9 aliphatic heterocycles. The van der Waals surface area contributed by atoms with E-state index in [1.54, 1.807) is 239 Å². The van der Waals surface area contributed by atoms with Gasteiger partial charge in [0.2, 0.25) is 18.4 Å². The molecule has 148 heavy (non-hydrogen) atoms. The van der Waals surface area contributed by atoms with Crippen molar-refractivity contribution in [3.05, 3.63) is 312 Å². The molecule has 35 nitrogen and oxygen atoms in total. The van der Waals surface area contributed by atoms with Crippen LogP contribution in [0.25, 0.3) is 0 Å². The van der Waals surface area contributed by atoms with Crippen LogP contribution in [0.2, 0.25) is 0 Å². The highest BCUT2D eigenvalue weighted by Gasteiger charge is 2.67. The van der Waals surface area contributed by atoms with Crippen LogP contribution in [-0.4, -0.2) is 275 Å². The summed E-state index contributed by atoms with van der Waals surface area (Å²) >= 11 is 0. The van der Waals surface area contributed by atoms with Gasteiger partial charge in [0.15, 0.2) is 48.4 Å². The summed E-state index contributed by atoms with van der Waals surface area (Å²) in [6.45, 7) is 23.1. The smallest absolute Gasteiger partial charge is 0.340 e. The lowest BCUT2D eigenvalue weighted by Crippen LogP contribution is -2.60. The lowest BCUT2D eigenvalue weighted by Gasteiger charge is -2.44. The Labute approximate surface area is 860 Å². The van der Waals surface area contributed by atoms with E-state index in [-0.39, 0.29) is 84.4 Å². The molecule has 0 aliphatic carbocycles. The fourth-order valence-electron chi connectivity index (χ4n) is 18.3. The van der Waals surface area contributed by atoms with Gasteiger partial charge in [0, 0.05) is 91.5 Å². The second kappa shape index (κ2) is 56.2. The standard InChI is InChI=1S/C29H26O8.C26H20O8.C23H22O8.C11H20O3.C10H20O4.C10H18O3.C4H8O/c1-2-18-29(33)24(36-26(31)21-14-8-4-9-15-21)23(19-34-25(30)20-12-6-3-7-13-20)35-28(29)37-27(32)22-16-10-5-11-17-22;27-21-22(33-24(29)18-12-6-2-7-13-18)20(16-31-23(28)17-10-4-1-5-11-17)32-26(21)34-25(30)19-14-8-3-9-15-19;1-15(24)29-22-23(12-13-28-23)19(31-21(26)17-10-6-3-7-11-17)18(30-22)14-27-20(25)16-8-4-2-5-9-16;1-5-7-11(12)8(3)9(6-2)14-10(11)13-4;1-4-8-7(2)10(12,5-6-11)9(13-3)14-8;1-4-8-7(2)10(5-6-12-10)9(11-3)13-8;1-2-4-5-3-1/h2-17,23-24,28,33H,1,18-19H2;1-15,20,22,26H,16H2;2-11,18-19,22H,12-14H2,1H3;5,8-10,12H,1,6-7H2,2-4H3;7-9,11-12H,4-6H2,1-3H3;7-9H,4-6H2,1-3H3;1-4H2/t23-,24-,28-,29-;20-,22-,26-;18-,19-,22?,23-;8-,9-,10?,11-;2*7-,8-,9?,10-;/m111111./s1. The van der Waals surface area contributed by atoms with E-state index in [1.807, 2.05) is 27.7 Å². The summed E-state index contributed by atoms with van der Waals surface area (Å²) in [5, 5.41) is 41.3. The zero-order valence-corrected chi connectivity index (χ0v) is 84.7. The number of rotatable bonds is 32. The number of Topliss-reactive ketones (excluding diaryl/α,β-unsaturated/α-hetero) is 1. The van der Waals surface area contributed by atoms with Crippen LogP contribution in [0.5, 0.6) is 0 Å². The largest absolute Gasteiger partial charge is 0.459 e. The van der Waals surface area contributed by atoms with Gasteiger partial charge in [-0.1, -0.05) is 199 Å². The van der Waals surface area contributed by atoms with E-state index in [0.717, 1.165) is 45.5 Å². The summed E-state index contributed by atoms with van der Waals surface area (Å²) < 4.78 is 115. The number of carbonyl (C=O) groups is 10. The molecule has 9 heterocycles. The second-order valence-electron chi connectivity index (χ2n) is 36.2. The Morgan fingerprint density at radius 1 is 0.351 bits per heavy atom. The van der Waals surface area contributed by atoms with Crippen LogP contribution >= 0.6 is 0 Å². The molecule has 8 aromatic carbocycles. The fourth-order valence-corrected chi connectivity index (χ4v) is 18.3. The Morgan fingerprint density at radius 3 is 1.00 bits per heavy atom. The van der Waals surface area contributed by atoms with Crippen molar-refractivity contribution in [2.45, 2.75) is 233 Å². The van der Waals surface area contributed by atoms with Crippen LogP contribution in [0.4, 0.5) is 0 Å². The molecule has 0 saturated carbocycles. The van der Waals surface area contributed by atoms with E-state index in [4.69, 9.17) is 105 Å². The number of hydrogen-bond acceptors (Lipinski definition) is 35. The fraction of sp³-hybridized carbons (Fsp3) is 0.451. The lowest BCUT2D eigenvalue weighted by atomic mass is 9.80. The first-order valence-corrected chi connectivity index (χ1v) is 49.4. The van der Waals surface area contributed by atoms with Crippen molar-refractivity contribution in [2.24, 2.45) is 17.8 Å². The van der Waals surface area contributed by atoms with Crippen LogP contribution in [0.15, 0.2) is 268 Å². The van der Waals surface area contributed by atoms with E-state index in [9.17, 15) is 63.3 Å². The first kappa shape index (κ1) is 116. The monoisotopic (exact) mass is 2050 g/mol. The quantitative estimate of drug-likeness (QED) is 0.0173. The maximum absolute atomic E-state index is 12.9. The molecule has 9 saturated heterocycles.